The minimum atomic E-state index is -4.01. The van der Waals surface area contributed by atoms with Crippen molar-refractivity contribution in [2.24, 2.45) is 0 Å². The normalized spacial score (nSPS) is 11.5. The first-order valence-electron chi connectivity index (χ1n) is 11.0. The first-order chi connectivity index (χ1) is 16.7. The molecule has 0 atom stereocenters. The number of sulfonamides is 1. The predicted octanol–water partition coefficient (Wildman–Crippen LogP) is 4.18. The van der Waals surface area contributed by atoms with Gasteiger partial charge < -0.3 is 9.26 Å². The molecule has 2 aromatic heterocycles. The molecule has 2 heterocycles. The molecule has 0 saturated carbocycles. The van der Waals surface area contributed by atoms with E-state index in [4.69, 9.17) is 9.26 Å². The number of hydrogen-bond acceptors (Lipinski definition) is 7. The molecule has 35 heavy (non-hydrogen) atoms. The Morgan fingerprint density at radius 3 is 2.51 bits per heavy atom. The average molecular weight is 495 g/mol. The number of nitrogens with one attached hydrogen (secondary N) is 1. The van der Waals surface area contributed by atoms with E-state index in [1.807, 2.05) is 32.0 Å². The van der Waals surface area contributed by atoms with Crippen molar-refractivity contribution in [2.75, 3.05) is 11.8 Å². The van der Waals surface area contributed by atoms with Crippen molar-refractivity contribution >= 4 is 15.7 Å². The van der Waals surface area contributed by atoms with Gasteiger partial charge >= 0.3 is 0 Å². The van der Waals surface area contributed by atoms with Crippen LogP contribution in [0.3, 0.4) is 0 Å². The average Bonchev–Trinajstić information content (AvgIpc) is 3.18. The molecule has 2 aromatic carbocycles. The van der Waals surface area contributed by atoms with E-state index >= 15 is 0 Å². The number of anilines is 1. The molecule has 0 fully saturated rings. The van der Waals surface area contributed by atoms with Gasteiger partial charge in [-0.1, -0.05) is 30.3 Å². The number of methoxy groups -OCH3 is 1. The first kappa shape index (κ1) is 24.2. The maximum Gasteiger partial charge on any atom is 0.271 e. The molecule has 9 nitrogen and oxygen atoms in total. The van der Waals surface area contributed by atoms with E-state index in [0.717, 1.165) is 11.1 Å². The summed E-state index contributed by atoms with van der Waals surface area (Å²) in [4.78, 5) is 12.5. The van der Waals surface area contributed by atoms with Crippen LogP contribution in [0, 0.1) is 20.8 Å². The van der Waals surface area contributed by atoms with Crippen molar-refractivity contribution in [2.45, 2.75) is 39.0 Å². The van der Waals surface area contributed by atoms with Crippen LogP contribution in [-0.4, -0.2) is 30.5 Å². The molecule has 182 valence electrons. The molecule has 0 bridgehead atoms. The lowest BCUT2D eigenvalue weighted by atomic mass is 10.1. The van der Waals surface area contributed by atoms with Crippen LogP contribution in [-0.2, 0) is 16.4 Å². The highest BCUT2D eigenvalue weighted by Gasteiger charge is 2.23. The van der Waals surface area contributed by atoms with E-state index in [-0.39, 0.29) is 16.2 Å². The van der Waals surface area contributed by atoms with E-state index in [0.29, 0.717) is 40.5 Å². The lowest BCUT2D eigenvalue weighted by Crippen LogP contribution is -2.21. The first-order valence-corrected chi connectivity index (χ1v) is 12.5. The van der Waals surface area contributed by atoms with E-state index in [2.05, 4.69) is 15.0 Å². The molecule has 0 unspecified atom stereocenters. The van der Waals surface area contributed by atoms with Gasteiger partial charge in [-0.15, -0.1) is 0 Å². The van der Waals surface area contributed by atoms with Gasteiger partial charge in [-0.3, -0.25) is 9.52 Å². The van der Waals surface area contributed by atoms with Crippen LogP contribution in [0.15, 0.2) is 62.7 Å². The van der Waals surface area contributed by atoms with Gasteiger partial charge in [-0.25, -0.2) is 8.42 Å². The van der Waals surface area contributed by atoms with Gasteiger partial charge in [0, 0.05) is 11.6 Å². The summed E-state index contributed by atoms with van der Waals surface area (Å²) in [5, 5.41) is 8.35. The van der Waals surface area contributed by atoms with Crippen LogP contribution in [0.1, 0.15) is 29.5 Å². The van der Waals surface area contributed by atoms with Crippen molar-refractivity contribution < 1.29 is 17.7 Å². The summed E-state index contributed by atoms with van der Waals surface area (Å²) in [7, 11) is -2.60. The second kappa shape index (κ2) is 9.38. The Morgan fingerprint density at radius 2 is 1.86 bits per heavy atom. The third-order valence-corrected chi connectivity index (χ3v) is 7.10. The maximum atomic E-state index is 13.5. The summed E-state index contributed by atoms with van der Waals surface area (Å²) in [6.45, 7) is 7.22. The fourth-order valence-electron chi connectivity index (χ4n) is 3.91. The zero-order valence-corrected chi connectivity index (χ0v) is 20.9. The number of para-hydroxylation sites is 1. The summed E-state index contributed by atoms with van der Waals surface area (Å²) in [5.74, 6) is 0.633. The smallest absolute Gasteiger partial charge is 0.271 e. The molecule has 0 spiro atoms. The fraction of sp³-hybridized carbons (Fsp3) is 0.240. The molecule has 0 aliphatic carbocycles. The van der Waals surface area contributed by atoms with Gasteiger partial charge in [0.15, 0.2) is 5.76 Å². The number of ether oxygens (including phenoxy) is 1. The molecule has 0 radical (unpaired) electrons. The second-order valence-electron chi connectivity index (χ2n) is 8.08. The predicted molar refractivity (Wildman–Crippen MR) is 133 cm³/mol. The summed E-state index contributed by atoms with van der Waals surface area (Å²) >= 11 is 0. The molecular formula is C25H26N4O5S. The topological polar surface area (TPSA) is 116 Å². The Balaban J connectivity index is 1.82. The second-order valence-corrected chi connectivity index (χ2v) is 9.73. The summed E-state index contributed by atoms with van der Waals surface area (Å²) in [6, 6.07) is 13.3. The van der Waals surface area contributed by atoms with Gasteiger partial charge in [0.2, 0.25) is 0 Å². The van der Waals surface area contributed by atoms with Crippen molar-refractivity contribution in [3.05, 3.63) is 81.5 Å². The highest BCUT2D eigenvalue weighted by Crippen LogP contribution is 2.32. The molecule has 4 aromatic rings. The van der Waals surface area contributed by atoms with E-state index < -0.39 is 10.0 Å². The third-order valence-electron chi connectivity index (χ3n) is 5.73. The lowest BCUT2D eigenvalue weighted by Gasteiger charge is -2.17. The quantitative estimate of drug-likeness (QED) is 0.410. The Kier molecular flexibility index (Phi) is 6.49. The Hall–Kier alpha value is -3.92. The van der Waals surface area contributed by atoms with Gasteiger partial charge in [-0.05, 0) is 62.6 Å². The number of benzene rings is 2. The molecule has 1 N–H and O–H groups in total. The van der Waals surface area contributed by atoms with Crippen molar-refractivity contribution in [3.8, 4) is 22.7 Å². The molecule has 0 aliphatic heterocycles. The Labute approximate surface area is 203 Å². The van der Waals surface area contributed by atoms with Gasteiger partial charge in [-0.2, -0.15) is 9.78 Å². The minimum Gasteiger partial charge on any atom is -0.495 e. The van der Waals surface area contributed by atoms with Crippen LogP contribution in [0.5, 0.6) is 5.75 Å². The Bertz CT molecular complexity index is 1550. The highest BCUT2D eigenvalue weighted by atomic mass is 32.2. The zero-order valence-electron chi connectivity index (χ0n) is 20.1. The van der Waals surface area contributed by atoms with Crippen LogP contribution in [0.25, 0.3) is 16.9 Å². The van der Waals surface area contributed by atoms with Gasteiger partial charge in [0.25, 0.3) is 15.6 Å². The number of hydrogen-bond donors (Lipinski definition) is 1. The number of nitrogens with zero attached hydrogens (tertiary/aromatic N) is 3. The van der Waals surface area contributed by atoms with Gasteiger partial charge in [0.05, 0.1) is 18.5 Å². The molecule has 10 heteroatoms. The van der Waals surface area contributed by atoms with Crippen molar-refractivity contribution in [1.82, 2.24) is 14.9 Å². The molecule has 0 aliphatic rings. The Morgan fingerprint density at radius 1 is 1.09 bits per heavy atom. The minimum absolute atomic E-state index is 0.0419. The van der Waals surface area contributed by atoms with E-state index in [1.165, 1.54) is 23.9 Å². The van der Waals surface area contributed by atoms with Crippen molar-refractivity contribution in [3.63, 3.8) is 0 Å². The summed E-state index contributed by atoms with van der Waals surface area (Å²) in [6.07, 6.45) is 0.671. The van der Waals surface area contributed by atoms with Crippen LogP contribution in [0.4, 0.5) is 5.69 Å². The lowest BCUT2D eigenvalue weighted by molar-refractivity contribution is 0.392. The maximum absolute atomic E-state index is 13.5. The van der Waals surface area contributed by atoms with Gasteiger partial charge in [0.1, 0.15) is 22.0 Å². The van der Waals surface area contributed by atoms with Crippen molar-refractivity contribution in [1.29, 1.82) is 0 Å². The molecular weight excluding hydrogens is 468 g/mol. The van der Waals surface area contributed by atoms with Crippen LogP contribution < -0.4 is 15.0 Å². The number of rotatable bonds is 7. The van der Waals surface area contributed by atoms with Crippen LogP contribution in [0.2, 0.25) is 0 Å². The monoisotopic (exact) mass is 494 g/mol. The molecule has 4 rings (SSSR count). The highest BCUT2D eigenvalue weighted by molar-refractivity contribution is 7.92. The van der Waals surface area contributed by atoms with E-state index in [9.17, 15) is 13.2 Å². The summed E-state index contributed by atoms with van der Waals surface area (Å²) < 4.78 is 41.5. The molecule has 0 amide bonds. The largest absolute Gasteiger partial charge is 0.495 e. The third kappa shape index (κ3) is 4.57. The fourth-order valence-corrected chi connectivity index (χ4v) is 5.28. The van der Waals surface area contributed by atoms with E-state index in [1.54, 1.807) is 32.0 Å². The number of aryl methyl sites for hydroxylation is 4. The standard InChI is InChI=1S/C25H26N4O5S/c1-6-18-9-7-8-15(2)24(18)28-35(31,32)22-14-19(10-12-21(22)33-5)20-11-13-23(30)29(26-20)25-16(3)27-34-17(25)4/h7-14,28H,6H2,1-5H3. The van der Waals surface area contributed by atoms with Crippen LogP contribution >= 0.6 is 0 Å². The molecule has 0 saturated heterocycles. The summed E-state index contributed by atoms with van der Waals surface area (Å²) in [5.41, 5.74) is 3.74. The number of aromatic nitrogens is 3. The zero-order chi connectivity index (χ0) is 25.3. The SMILES string of the molecule is CCc1cccc(C)c1NS(=O)(=O)c1cc(-c2ccc(=O)n(-c3c(C)noc3C)n2)ccc1OC.